The lowest BCUT2D eigenvalue weighted by molar-refractivity contribution is 0.0950. The van der Waals surface area contributed by atoms with Crippen LogP contribution in [0.1, 0.15) is 29.9 Å². The first kappa shape index (κ1) is 14.7. The number of nitrogens with one attached hydrogen (secondary N) is 1. The van der Waals surface area contributed by atoms with Crippen LogP contribution in [-0.2, 0) is 0 Å². The lowest BCUT2D eigenvalue weighted by Gasteiger charge is -2.09. The minimum Gasteiger partial charge on any atom is -0.491 e. The molecule has 0 aliphatic heterocycles. The Kier molecular flexibility index (Phi) is 5.04. The molecule has 0 fully saturated rings. The van der Waals surface area contributed by atoms with Crippen molar-refractivity contribution >= 4 is 12.1 Å². The van der Waals surface area contributed by atoms with E-state index in [4.69, 9.17) is 4.74 Å². The quantitative estimate of drug-likeness (QED) is 0.677. The van der Waals surface area contributed by atoms with Gasteiger partial charge in [0.05, 0.1) is 12.3 Å². The molecule has 108 valence electrons. The summed E-state index contributed by atoms with van der Waals surface area (Å²) in [4.78, 5) is 15.6. The summed E-state index contributed by atoms with van der Waals surface area (Å²) in [7, 11) is 0. The molecule has 2 rings (SSSR count). The van der Waals surface area contributed by atoms with Crippen LogP contribution in [-0.4, -0.2) is 23.2 Å². The van der Waals surface area contributed by atoms with Crippen LogP contribution in [0.5, 0.6) is 5.75 Å². The third kappa shape index (κ3) is 4.72. The first-order chi connectivity index (χ1) is 10.1. The molecule has 1 aromatic heterocycles. The number of ether oxygens (including phenoxy) is 1. The summed E-state index contributed by atoms with van der Waals surface area (Å²) in [5.41, 5.74) is 3.63. The Morgan fingerprint density at radius 3 is 2.62 bits per heavy atom. The largest absolute Gasteiger partial charge is 0.491 e. The second-order valence-corrected chi connectivity index (χ2v) is 4.65. The maximum atomic E-state index is 11.7. The summed E-state index contributed by atoms with van der Waals surface area (Å²) in [6.07, 6.45) is 3.27. The standard InChI is InChI=1S/C16H17N3O2/c1-12(2)21-14-8-6-13(7-9-14)11-18-19-16(20)15-5-3-4-10-17-15/h3-12H,1-2H3,(H,19,20)/b18-11+. The molecule has 0 atom stereocenters. The van der Waals surface area contributed by atoms with Crippen molar-refractivity contribution in [2.75, 3.05) is 0 Å². The van der Waals surface area contributed by atoms with Crippen molar-refractivity contribution in [1.82, 2.24) is 10.4 Å². The van der Waals surface area contributed by atoms with Crippen LogP contribution in [0.15, 0.2) is 53.8 Å². The molecule has 0 aliphatic rings. The summed E-state index contributed by atoms with van der Waals surface area (Å²) in [6, 6.07) is 12.6. The van der Waals surface area contributed by atoms with Crippen molar-refractivity contribution in [1.29, 1.82) is 0 Å². The number of hydrogen-bond acceptors (Lipinski definition) is 4. The van der Waals surface area contributed by atoms with E-state index in [1.807, 2.05) is 38.1 Å². The summed E-state index contributed by atoms with van der Waals surface area (Å²) in [5.74, 6) is 0.464. The van der Waals surface area contributed by atoms with E-state index < -0.39 is 0 Å². The Bertz CT molecular complexity index is 607. The highest BCUT2D eigenvalue weighted by molar-refractivity contribution is 5.93. The van der Waals surface area contributed by atoms with E-state index in [0.717, 1.165) is 11.3 Å². The number of carbonyl (C=O) groups excluding carboxylic acids is 1. The maximum Gasteiger partial charge on any atom is 0.289 e. The molecule has 0 aliphatic carbocycles. The van der Waals surface area contributed by atoms with Crippen LogP contribution in [0.4, 0.5) is 0 Å². The lowest BCUT2D eigenvalue weighted by Crippen LogP contribution is -2.18. The Balaban J connectivity index is 1.91. The summed E-state index contributed by atoms with van der Waals surface area (Å²) >= 11 is 0. The molecule has 1 N–H and O–H groups in total. The number of hydrazone groups is 1. The molecule has 0 saturated carbocycles. The van der Waals surface area contributed by atoms with Crippen LogP contribution in [0, 0.1) is 0 Å². The fourth-order valence-corrected chi connectivity index (χ4v) is 1.62. The monoisotopic (exact) mass is 283 g/mol. The van der Waals surface area contributed by atoms with Gasteiger partial charge in [0, 0.05) is 6.20 Å². The number of aromatic nitrogens is 1. The highest BCUT2D eigenvalue weighted by atomic mass is 16.5. The van der Waals surface area contributed by atoms with Crippen molar-refractivity contribution in [2.45, 2.75) is 20.0 Å². The predicted octanol–water partition coefficient (Wildman–Crippen LogP) is 2.63. The summed E-state index contributed by atoms with van der Waals surface area (Å²) < 4.78 is 5.55. The van der Waals surface area contributed by atoms with Crippen molar-refractivity contribution in [2.24, 2.45) is 5.10 Å². The van der Waals surface area contributed by atoms with E-state index in [9.17, 15) is 4.79 Å². The highest BCUT2D eigenvalue weighted by Crippen LogP contribution is 2.12. The molecule has 0 radical (unpaired) electrons. The molecule has 0 saturated heterocycles. The zero-order chi connectivity index (χ0) is 15.1. The average molecular weight is 283 g/mol. The van der Waals surface area contributed by atoms with Gasteiger partial charge in [0.15, 0.2) is 0 Å². The second-order valence-electron chi connectivity index (χ2n) is 4.65. The lowest BCUT2D eigenvalue weighted by atomic mass is 10.2. The number of amides is 1. The first-order valence-corrected chi connectivity index (χ1v) is 6.66. The molecule has 0 bridgehead atoms. The SMILES string of the molecule is CC(C)Oc1ccc(/C=N/NC(=O)c2ccccn2)cc1. The van der Waals surface area contributed by atoms with Crippen LogP contribution in [0.25, 0.3) is 0 Å². The van der Waals surface area contributed by atoms with Gasteiger partial charge in [-0.15, -0.1) is 0 Å². The van der Waals surface area contributed by atoms with Gasteiger partial charge in [0.25, 0.3) is 5.91 Å². The fraction of sp³-hybridized carbons (Fsp3) is 0.188. The van der Waals surface area contributed by atoms with E-state index in [1.165, 1.54) is 0 Å². The third-order valence-electron chi connectivity index (χ3n) is 2.53. The van der Waals surface area contributed by atoms with E-state index in [-0.39, 0.29) is 12.0 Å². The molecule has 21 heavy (non-hydrogen) atoms. The van der Waals surface area contributed by atoms with Gasteiger partial charge in [0.1, 0.15) is 11.4 Å². The Morgan fingerprint density at radius 2 is 2.00 bits per heavy atom. The molecular formula is C16H17N3O2. The van der Waals surface area contributed by atoms with Crippen molar-refractivity contribution in [3.05, 3.63) is 59.9 Å². The number of nitrogens with zero attached hydrogens (tertiary/aromatic N) is 2. The molecule has 5 nitrogen and oxygen atoms in total. The normalized spacial score (nSPS) is 10.8. The Morgan fingerprint density at radius 1 is 1.24 bits per heavy atom. The van der Waals surface area contributed by atoms with Crippen LogP contribution in [0.2, 0.25) is 0 Å². The first-order valence-electron chi connectivity index (χ1n) is 6.66. The van der Waals surface area contributed by atoms with E-state index in [2.05, 4.69) is 15.5 Å². The molecule has 2 aromatic rings. The van der Waals surface area contributed by atoms with Gasteiger partial charge in [-0.3, -0.25) is 9.78 Å². The average Bonchev–Trinajstić information content (AvgIpc) is 2.49. The maximum absolute atomic E-state index is 11.7. The van der Waals surface area contributed by atoms with Crippen molar-refractivity contribution in [3.8, 4) is 5.75 Å². The van der Waals surface area contributed by atoms with Gasteiger partial charge in [0.2, 0.25) is 0 Å². The van der Waals surface area contributed by atoms with Gasteiger partial charge in [-0.25, -0.2) is 5.43 Å². The third-order valence-corrected chi connectivity index (χ3v) is 2.53. The molecule has 0 unspecified atom stereocenters. The highest BCUT2D eigenvalue weighted by Gasteiger charge is 2.03. The van der Waals surface area contributed by atoms with E-state index >= 15 is 0 Å². The Labute approximate surface area is 123 Å². The number of hydrogen-bond donors (Lipinski definition) is 1. The molecule has 1 aromatic carbocycles. The number of benzene rings is 1. The predicted molar refractivity (Wildman–Crippen MR) is 81.5 cm³/mol. The minimum atomic E-state index is -0.341. The van der Waals surface area contributed by atoms with Gasteiger partial charge in [-0.2, -0.15) is 5.10 Å². The number of carbonyl (C=O) groups is 1. The molecule has 1 heterocycles. The fourth-order valence-electron chi connectivity index (χ4n) is 1.62. The second kappa shape index (κ2) is 7.19. The number of pyridine rings is 1. The summed E-state index contributed by atoms with van der Waals surface area (Å²) in [5, 5.41) is 3.90. The minimum absolute atomic E-state index is 0.141. The zero-order valence-electron chi connectivity index (χ0n) is 12.0. The zero-order valence-corrected chi connectivity index (χ0v) is 12.0. The van der Waals surface area contributed by atoms with Crippen LogP contribution >= 0.6 is 0 Å². The topological polar surface area (TPSA) is 63.6 Å². The van der Waals surface area contributed by atoms with Crippen LogP contribution in [0.3, 0.4) is 0 Å². The molecule has 5 heteroatoms. The van der Waals surface area contributed by atoms with Crippen molar-refractivity contribution < 1.29 is 9.53 Å². The van der Waals surface area contributed by atoms with Crippen LogP contribution < -0.4 is 10.2 Å². The van der Waals surface area contributed by atoms with E-state index in [1.54, 1.807) is 30.6 Å². The van der Waals surface area contributed by atoms with Gasteiger partial charge in [-0.1, -0.05) is 6.07 Å². The number of rotatable bonds is 5. The smallest absolute Gasteiger partial charge is 0.289 e. The van der Waals surface area contributed by atoms with Gasteiger partial charge >= 0.3 is 0 Å². The van der Waals surface area contributed by atoms with Crippen molar-refractivity contribution in [3.63, 3.8) is 0 Å². The molecule has 0 spiro atoms. The molecule has 1 amide bonds. The van der Waals surface area contributed by atoms with E-state index in [0.29, 0.717) is 5.69 Å². The van der Waals surface area contributed by atoms with Gasteiger partial charge in [-0.05, 0) is 55.8 Å². The van der Waals surface area contributed by atoms with Gasteiger partial charge < -0.3 is 4.74 Å². The summed E-state index contributed by atoms with van der Waals surface area (Å²) in [6.45, 7) is 3.95. The Hall–Kier alpha value is -2.69. The molecular weight excluding hydrogens is 266 g/mol.